The maximum Gasteiger partial charge on any atom is 0.253 e. The van der Waals surface area contributed by atoms with E-state index in [0.717, 1.165) is 59.9 Å². The van der Waals surface area contributed by atoms with Gasteiger partial charge in [0, 0.05) is 54.6 Å². The van der Waals surface area contributed by atoms with Gasteiger partial charge >= 0.3 is 0 Å². The van der Waals surface area contributed by atoms with Gasteiger partial charge in [-0.1, -0.05) is 36.4 Å². The standard InChI is InChI=1S/C25H23N9O/c1-32-10-12-33(13-11-32)25(35)20-8-2-17(3-9-20)21-16-34-22(14-27-23(34)15-26-21)18-4-6-19(7-5-18)24-28-30-31-29-24/h2-9,14-16H,10-13H2,1H3,(H,28,29,30,31). The fourth-order valence-electron chi connectivity index (χ4n) is 4.30. The largest absolute Gasteiger partial charge is 0.336 e. The summed E-state index contributed by atoms with van der Waals surface area (Å²) < 4.78 is 2.02. The average molecular weight is 466 g/mol. The smallest absolute Gasteiger partial charge is 0.253 e. The van der Waals surface area contributed by atoms with Crippen LogP contribution in [0, 0.1) is 0 Å². The Kier molecular flexibility index (Phi) is 5.27. The zero-order valence-corrected chi connectivity index (χ0v) is 19.2. The van der Waals surface area contributed by atoms with Gasteiger partial charge < -0.3 is 9.80 Å². The number of nitrogens with one attached hydrogen (secondary N) is 1. The molecule has 0 spiro atoms. The second-order valence-corrected chi connectivity index (χ2v) is 8.63. The van der Waals surface area contributed by atoms with Gasteiger partial charge in [-0.05, 0) is 24.4 Å². The van der Waals surface area contributed by atoms with E-state index in [0.29, 0.717) is 11.4 Å². The van der Waals surface area contributed by atoms with Crippen LogP contribution >= 0.6 is 0 Å². The minimum Gasteiger partial charge on any atom is -0.336 e. The molecule has 10 heteroatoms. The molecule has 35 heavy (non-hydrogen) atoms. The molecule has 1 aliphatic heterocycles. The van der Waals surface area contributed by atoms with Crippen molar-refractivity contribution in [2.45, 2.75) is 0 Å². The van der Waals surface area contributed by atoms with Crippen LogP contribution in [0.1, 0.15) is 10.4 Å². The van der Waals surface area contributed by atoms with Gasteiger partial charge in [0.1, 0.15) is 0 Å². The molecule has 0 atom stereocenters. The van der Waals surface area contributed by atoms with E-state index in [-0.39, 0.29) is 5.91 Å². The van der Waals surface area contributed by atoms with Crippen LogP contribution in [-0.4, -0.2) is 83.9 Å². The molecule has 1 N–H and O–H groups in total. The molecule has 4 heterocycles. The maximum atomic E-state index is 12.9. The number of hydrogen-bond acceptors (Lipinski definition) is 7. The first kappa shape index (κ1) is 21.1. The third kappa shape index (κ3) is 4.04. The number of tetrazole rings is 1. The van der Waals surface area contributed by atoms with Gasteiger partial charge in [0.25, 0.3) is 5.91 Å². The number of H-pyrrole nitrogens is 1. The van der Waals surface area contributed by atoms with Crippen molar-refractivity contribution in [3.05, 3.63) is 72.7 Å². The lowest BCUT2D eigenvalue weighted by Crippen LogP contribution is -2.47. The first-order chi connectivity index (χ1) is 17.2. The molecule has 1 amide bonds. The number of likely N-dealkylation sites (N-methyl/N-ethyl adjacent to an activating group) is 1. The Hall–Kier alpha value is -4.44. The first-order valence-electron chi connectivity index (χ1n) is 11.4. The van der Waals surface area contributed by atoms with Crippen LogP contribution < -0.4 is 0 Å². The molecule has 0 aliphatic carbocycles. The molecule has 2 aromatic carbocycles. The SMILES string of the molecule is CN1CCN(C(=O)c2ccc(-c3cn4c(-c5ccc(-c6nn[nH]n6)cc5)cnc4cn3)cc2)CC1. The highest BCUT2D eigenvalue weighted by Gasteiger charge is 2.20. The number of benzene rings is 2. The molecule has 5 aromatic rings. The number of imidazole rings is 1. The Morgan fingerprint density at radius 2 is 1.57 bits per heavy atom. The summed E-state index contributed by atoms with van der Waals surface area (Å²) in [5, 5.41) is 14.1. The van der Waals surface area contributed by atoms with Gasteiger partial charge in [0.15, 0.2) is 5.65 Å². The summed E-state index contributed by atoms with van der Waals surface area (Å²) in [5.41, 5.74) is 6.04. The quantitative estimate of drug-likeness (QED) is 0.435. The summed E-state index contributed by atoms with van der Waals surface area (Å²) >= 11 is 0. The number of carbonyl (C=O) groups excluding carboxylic acids is 1. The van der Waals surface area contributed by atoms with Crippen molar-refractivity contribution in [3.8, 4) is 33.9 Å². The predicted molar refractivity (Wildman–Crippen MR) is 130 cm³/mol. The molecule has 10 nitrogen and oxygen atoms in total. The molecule has 0 unspecified atom stereocenters. The second kappa shape index (κ2) is 8.73. The first-order valence-corrected chi connectivity index (χ1v) is 11.4. The van der Waals surface area contributed by atoms with Crippen molar-refractivity contribution in [3.63, 3.8) is 0 Å². The van der Waals surface area contributed by atoms with Gasteiger partial charge in [-0.3, -0.25) is 14.2 Å². The zero-order valence-electron chi connectivity index (χ0n) is 19.2. The number of aromatic amines is 1. The Morgan fingerprint density at radius 3 is 2.29 bits per heavy atom. The van der Waals surface area contributed by atoms with Crippen molar-refractivity contribution in [1.29, 1.82) is 0 Å². The minimum absolute atomic E-state index is 0.0780. The van der Waals surface area contributed by atoms with Crippen molar-refractivity contribution in [2.24, 2.45) is 0 Å². The van der Waals surface area contributed by atoms with Crippen molar-refractivity contribution in [2.75, 3.05) is 33.2 Å². The molecule has 0 bridgehead atoms. The predicted octanol–water partition coefficient (Wildman–Crippen LogP) is 2.63. The highest BCUT2D eigenvalue weighted by atomic mass is 16.2. The van der Waals surface area contributed by atoms with Crippen LogP contribution in [0.3, 0.4) is 0 Å². The van der Waals surface area contributed by atoms with Crippen LogP contribution in [0.15, 0.2) is 67.1 Å². The third-order valence-corrected chi connectivity index (χ3v) is 6.40. The molecule has 0 saturated carbocycles. The van der Waals surface area contributed by atoms with Gasteiger partial charge in [0.2, 0.25) is 5.82 Å². The van der Waals surface area contributed by atoms with E-state index in [2.05, 4.69) is 42.5 Å². The fourth-order valence-corrected chi connectivity index (χ4v) is 4.30. The van der Waals surface area contributed by atoms with E-state index in [4.69, 9.17) is 0 Å². The number of carbonyl (C=O) groups is 1. The van der Waals surface area contributed by atoms with Gasteiger partial charge in [-0.2, -0.15) is 5.21 Å². The summed E-state index contributed by atoms with van der Waals surface area (Å²) in [7, 11) is 2.08. The molecule has 0 radical (unpaired) electrons. The second-order valence-electron chi connectivity index (χ2n) is 8.63. The number of fused-ring (bicyclic) bond motifs is 1. The average Bonchev–Trinajstić information content (AvgIpc) is 3.59. The molecular formula is C25H23N9O. The van der Waals surface area contributed by atoms with Crippen LogP contribution in [0.5, 0.6) is 0 Å². The van der Waals surface area contributed by atoms with Crippen LogP contribution in [0.4, 0.5) is 0 Å². The fraction of sp³-hybridized carbons (Fsp3) is 0.200. The number of rotatable bonds is 4. The van der Waals surface area contributed by atoms with Crippen LogP contribution in [-0.2, 0) is 0 Å². The Balaban J connectivity index is 1.26. The number of hydrogen-bond donors (Lipinski definition) is 1. The summed E-state index contributed by atoms with van der Waals surface area (Å²) in [5.74, 6) is 0.630. The van der Waals surface area contributed by atoms with Gasteiger partial charge in [0.05, 0.1) is 23.8 Å². The van der Waals surface area contributed by atoms with E-state index >= 15 is 0 Å². The Bertz CT molecular complexity index is 1470. The summed E-state index contributed by atoms with van der Waals surface area (Å²) in [4.78, 5) is 26.1. The molecule has 6 rings (SSSR count). The van der Waals surface area contributed by atoms with E-state index in [1.165, 1.54) is 0 Å². The number of amides is 1. The molecule has 174 valence electrons. The van der Waals surface area contributed by atoms with E-state index in [9.17, 15) is 4.79 Å². The minimum atomic E-state index is 0.0780. The molecule has 3 aromatic heterocycles. The number of piperazine rings is 1. The van der Waals surface area contributed by atoms with Gasteiger partial charge in [-0.15, -0.1) is 10.2 Å². The molecule has 1 aliphatic rings. The highest BCUT2D eigenvalue weighted by Crippen LogP contribution is 2.26. The van der Waals surface area contributed by atoms with E-state index in [1.54, 1.807) is 6.20 Å². The summed E-state index contributed by atoms with van der Waals surface area (Å²) in [6, 6.07) is 15.6. The topological polar surface area (TPSA) is 108 Å². The summed E-state index contributed by atoms with van der Waals surface area (Å²) in [6.07, 6.45) is 5.57. The van der Waals surface area contributed by atoms with Crippen molar-refractivity contribution >= 4 is 11.6 Å². The van der Waals surface area contributed by atoms with Gasteiger partial charge in [-0.25, -0.2) is 4.98 Å². The van der Waals surface area contributed by atoms with Crippen molar-refractivity contribution in [1.82, 2.24) is 44.8 Å². The monoisotopic (exact) mass is 465 g/mol. The van der Waals surface area contributed by atoms with Crippen molar-refractivity contribution < 1.29 is 4.79 Å². The Morgan fingerprint density at radius 1 is 0.857 bits per heavy atom. The molecular weight excluding hydrogens is 442 g/mol. The molecule has 1 saturated heterocycles. The zero-order chi connectivity index (χ0) is 23.8. The maximum absolute atomic E-state index is 12.9. The lowest BCUT2D eigenvalue weighted by molar-refractivity contribution is 0.0664. The van der Waals surface area contributed by atoms with Crippen LogP contribution in [0.2, 0.25) is 0 Å². The molecule has 1 fully saturated rings. The number of nitrogens with zero attached hydrogens (tertiary/aromatic N) is 8. The van der Waals surface area contributed by atoms with E-state index in [1.807, 2.05) is 70.2 Å². The summed E-state index contributed by atoms with van der Waals surface area (Å²) in [6.45, 7) is 3.32. The van der Waals surface area contributed by atoms with E-state index < -0.39 is 0 Å². The Labute approximate surface area is 201 Å². The lowest BCUT2D eigenvalue weighted by atomic mass is 10.1. The lowest BCUT2D eigenvalue weighted by Gasteiger charge is -2.32. The highest BCUT2D eigenvalue weighted by molar-refractivity contribution is 5.94. The number of aromatic nitrogens is 7. The normalized spacial score (nSPS) is 14.5. The van der Waals surface area contributed by atoms with Crippen LogP contribution in [0.25, 0.3) is 39.5 Å². The third-order valence-electron chi connectivity index (χ3n) is 6.40.